The molecule has 0 saturated heterocycles. The van der Waals surface area contributed by atoms with Gasteiger partial charge in [-0.2, -0.15) is 0 Å². The van der Waals surface area contributed by atoms with Crippen LogP contribution >= 0.6 is 23.2 Å². The molecule has 1 aromatic rings. The molecule has 0 aromatic heterocycles. The fourth-order valence-electron chi connectivity index (χ4n) is 1.68. The van der Waals surface area contributed by atoms with Gasteiger partial charge in [-0.1, -0.05) is 37.0 Å². The molecule has 84 valence electrons. The van der Waals surface area contributed by atoms with E-state index in [1.807, 2.05) is 12.1 Å². The van der Waals surface area contributed by atoms with Crippen molar-refractivity contribution in [3.05, 3.63) is 33.8 Å². The van der Waals surface area contributed by atoms with E-state index in [1.54, 1.807) is 6.07 Å². The molecule has 2 atom stereocenters. The summed E-state index contributed by atoms with van der Waals surface area (Å²) in [4.78, 5) is 0. The fraction of sp³-hybridized carbons (Fsp3) is 0.500. The Morgan fingerprint density at radius 2 is 1.67 bits per heavy atom. The second-order valence-electron chi connectivity index (χ2n) is 4.05. The van der Waals surface area contributed by atoms with Crippen LogP contribution in [-0.2, 0) is 0 Å². The Labute approximate surface area is 102 Å². The van der Waals surface area contributed by atoms with Crippen LogP contribution in [-0.4, -0.2) is 6.54 Å². The Morgan fingerprint density at radius 1 is 1.13 bits per heavy atom. The van der Waals surface area contributed by atoms with Crippen LogP contribution in [0.5, 0.6) is 0 Å². The molecule has 1 nitrogen and oxygen atoms in total. The Morgan fingerprint density at radius 3 is 2.13 bits per heavy atom. The third-order valence-corrected chi connectivity index (χ3v) is 3.32. The first-order valence-electron chi connectivity index (χ1n) is 5.20. The lowest BCUT2D eigenvalue weighted by atomic mass is 9.87. The maximum absolute atomic E-state index is 5.97. The number of hydrogen-bond donors (Lipinski definition) is 1. The van der Waals surface area contributed by atoms with Crippen molar-refractivity contribution in [1.29, 1.82) is 0 Å². The third-order valence-electron chi connectivity index (χ3n) is 2.89. The van der Waals surface area contributed by atoms with Gasteiger partial charge >= 0.3 is 0 Å². The van der Waals surface area contributed by atoms with E-state index >= 15 is 0 Å². The number of halogens is 2. The van der Waals surface area contributed by atoms with Crippen LogP contribution in [0.2, 0.25) is 10.0 Å². The topological polar surface area (TPSA) is 26.0 Å². The SMILES string of the molecule is CC(CCN)C(C)c1cc(Cl)cc(Cl)c1. The van der Waals surface area contributed by atoms with Crippen molar-refractivity contribution in [3.8, 4) is 0 Å². The van der Waals surface area contributed by atoms with Crippen molar-refractivity contribution in [3.63, 3.8) is 0 Å². The van der Waals surface area contributed by atoms with Crippen molar-refractivity contribution >= 4 is 23.2 Å². The molecule has 0 saturated carbocycles. The second-order valence-corrected chi connectivity index (χ2v) is 4.92. The number of benzene rings is 1. The Hall–Kier alpha value is -0.240. The van der Waals surface area contributed by atoms with Crippen LogP contribution < -0.4 is 5.73 Å². The molecular formula is C12H17Cl2N. The van der Waals surface area contributed by atoms with Crippen LogP contribution in [0.15, 0.2) is 18.2 Å². The Kier molecular flexibility index (Phi) is 4.91. The van der Waals surface area contributed by atoms with Crippen molar-refractivity contribution in [2.75, 3.05) is 6.54 Å². The van der Waals surface area contributed by atoms with Gasteiger partial charge in [-0.3, -0.25) is 0 Å². The van der Waals surface area contributed by atoms with Gasteiger partial charge in [0.05, 0.1) is 0 Å². The minimum absolute atomic E-state index is 0.435. The number of hydrogen-bond acceptors (Lipinski definition) is 1. The first-order valence-corrected chi connectivity index (χ1v) is 5.96. The van der Waals surface area contributed by atoms with E-state index in [9.17, 15) is 0 Å². The van der Waals surface area contributed by atoms with Crippen molar-refractivity contribution in [2.24, 2.45) is 11.7 Å². The normalized spacial score (nSPS) is 15.0. The average Bonchev–Trinajstić information content (AvgIpc) is 2.15. The van der Waals surface area contributed by atoms with Gasteiger partial charge in [-0.25, -0.2) is 0 Å². The first kappa shape index (κ1) is 12.8. The van der Waals surface area contributed by atoms with Crippen molar-refractivity contribution in [2.45, 2.75) is 26.2 Å². The maximum Gasteiger partial charge on any atom is 0.0423 e. The molecule has 0 aliphatic heterocycles. The van der Waals surface area contributed by atoms with E-state index in [2.05, 4.69) is 13.8 Å². The lowest BCUT2D eigenvalue weighted by Gasteiger charge is -2.20. The quantitative estimate of drug-likeness (QED) is 0.850. The molecular weight excluding hydrogens is 229 g/mol. The Bertz CT molecular complexity index is 305. The summed E-state index contributed by atoms with van der Waals surface area (Å²) in [6.45, 7) is 5.11. The molecule has 1 rings (SSSR count). The first-order chi connectivity index (χ1) is 7.04. The summed E-state index contributed by atoms with van der Waals surface area (Å²) in [7, 11) is 0. The summed E-state index contributed by atoms with van der Waals surface area (Å²) in [6.07, 6.45) is 1.02. The smallest absolute Gasteiger partial charge is 0.0423 e. The minimum Gasteiger partial charge on any atom is -0.330 e. The average molecular weight is 246 g/mol. The van der Waals surface area contributed by atoms with Gasteiger partial charge < -0.3 is 5.73 Å². The fourth-order valence-corrected chi connectivity index (χ4v) is 2.22. The largest absolute Gasteiger partial charge is 0.330 e. The zero-order chi connectivity index (χ0) is 11.4. The van der Waals surface area contributed by atoms with E-state index in [0.29, 0.717) is 21.9 Å². The van der Waals surface area contributed by atoms with Gasteiger partial charge in [-0.05, 0) is 48.6 Å². The highest BCUT2D eigenvalue weighted by Gasteiger charge is 2.14. The van der Waals surface area contributed by atoms with Crippen LogP contribution in [0.25, 0.3) is 0 Å². The van der Waals surface area contributed by atoms with Gasteiger partial charge in [0.2, 0.25) is 0 Å². The van der Waals surface area contributed by atoms with E-state index in [4.69, 9.17) is 28.9 Å². The molecule has 0 fully saturated rings. The molecule has 0 aliphatic carbocycles. The minimum atomic E-state index is 0.435. The maximum atomic E-state index is 5.97. The molecule has 0 heterocycles. The lowest BCUT2D eigenvalue weighted by molar-refractivity contribution is 0.459. The monoisotopic (exact) mass is 245 g/mol. The molecule has 0 amide bonds. The highest BCUT2D eigenvalue weighted by Crippen LogP contribution is 2.30. The molecule has 3 heteroatoms. The van der Waals surface area contributed by atoms with E-state index in [1.165, 1.54) is 5.56 Å². The summed E-state index contributed by atoms with van der Waals surface area (Å²) in [5.74, 6) is 0.981. The van der Waals surface area contributed by atoms with Crippen LogP contribution in [0, 0.1) is 5.92 Å². The van der Waals surface area contributed by atoms with Gasteiger partial charge in [-0.15, -0.1) is 0 Å². The molecule has 0 spiro atoms. The van der Waals surface area contributed by atoms with Gasteiger partial charge in [0, 0.05) is 10.0 Å². The number of nitrogens with two attached hydrogens (primary N) is 1. The molecule has 2 unspecified atom stereocenters. The molecule has 2 N–H and O–H groups in total. The zero-order valence-electron chi connectivity index (χ0n) is 9.13. The second kappa shape index (κ2) is 5.74. The van der Waals surface area contributed by atoms with Gasteiger partial charge in [0.1, 0.15) is 0 Å². The van der Waals surface area contributed by atoms with Crippen molar-refractivity contribution < 1.29 is 0 Å². The summed E-state index contributed by atoms with van der Waals surface area (Å²) in [6, 6.07) is 5.71. The van der Waals surface area contributed by atoms with E-state index in [0.717, 1.165) is 13.0 Å². The molecule has 0 bridgehead atoms. The van der Waals surface area contributed by atoms with Gasteiger partial charge in [0.15, 0.2) is 0 Å². The molecule has 1 aromatic carbocycles. The van der Waals surface area contributed by atoms with Crippen LogP contribution in [0.1, 0.15) is 31.7 Å². The summed E-state index contributed by atoms with van der Waals surface area (Å²) < 4.78 is 0. The van der Waals surface area contributed by atoms with Crippen LogP contribution in [0.4, 0.5) is 0 Å². The predicted molar refractivity (Wildman–Crippen MR) is 67.7 cm³/mol. The summed E-state index contributed by atoms with van der Waals surface area (Å²) in [5.41, 5.74) is 6.74. The van der Waals surface area contributed by atoms with Crippen molar-refractivity contribution in [1.82, 2.24) is 0 Å². The molecule has 0 aliphatic rings. The summed E-state index contributed by atoms with van der Waals surface area (Å²) in [5, 5.41) is 1.40. The van der Waals surface area contributed by atoms with Crippen LogP contribution in [0.3, 0.4) is 0 Å². The third kappa shape index (κ3) is 3.67. The zero-order valence-corrected chi connectivity index (χ0v) is 10.6. The molecule has 15 heavy (non-hydrogen) atoms. The highest BCUT2D eigenvalue weighted by molar-refractivity contribution is 6.34. The molecule has 0 radical (unpaired) electrons. The van der Waals surface area contributed by atoms with Gasteiger partial charge in [0.25, 0.3) is 0 Å². The predicted octanol–water partition coefficient (Wildman–Crippen LogP) is 4.08. The Balaban J connectivity index is 2.85. The lowest BCUT2D eigenvalue weighted by Crippen LogP contribution is -2.12. The summed E-state index contributed by atoms with van der Waals surface area (Å²) >= 11 is 11.9. The highest BCUT2D eigenvalue weighted by atomic mass is 35.5. The van der Waals surface area contributed by atoms with E-state index in [-0.39, 0.29) is 0 Å². The van der Waals surface area contributed by atoms with E-state index < -0.39 is 0 Å². The number of rotatable bonds is 4. The standard InChI is InChI=1S/C12H17Cl2N/c1-8(3-4-15)9(2)10-5-11(13)7-12(14)6-10/h5-9H,3-4,15H2,1-2H3.